The van der Waals surface area contributed by atoms with E-state index in [9.17, 15) is 4.79 Å². The highest BCUT2D eigenvalue weighted by atomic mass is 16.5. The third-order valence-corrected chi connectivity index (χ3v) is 3.53. The molecule has 0 radical (unpaired) electrons. The average molecular weight is 281 g/mol. The molecule has 3 N–H and O–H groups in total. The Kier molecular flexibility index (Phi) is 5.94. The lowest BCUT2D eigenvalue weighted by atomic mass is 9.94. The summed E-state index contributed by atoms with van der Waals surface area (Å²) in [5, 5.41) is 6.79. The maximum Gasteiger partial charge on any atom is 0.221 e. The van der Waals surface area contributed by atoms with Crippen LogP contribution in [-0.2, 0) is 16.1 Å². The molecule has 20 heavy (non-hydrogen) atoms. The van der Waals surface area contributed by atoms with Crippen molar-refractivity contribution in [2.75, 3.05) is 13.2 Å². The first kappa shape index (κ1) is 14.9. The number of amides is 1. The molecule has 1 aliphatic rings. The first-order valence-electron chi connectivity index (χ1n) is 7.20. The summed E-state index contributed by atoms with van der Waals surface area (Å²) < 4.78 is 7.37. The van der Waals surface area contributed by atoms with Crippen molar-refractivity contribution >= 4 is 5.91 Å². The molecule has 1 amide bonds. The van der Waals surface area contributed by atoms with E-state index in [4.69, 9.17) is 10.5 Å². The number of carbonyl (C=O) groups is 1. The predicted octanol–water partition coefficient (Wildman–Crippen LogP) is 0.0709. The minimum atomic E-state index is 0.00904. The van der Waals surface area contributed by atoms with E-state index < -0.39 is 0 Å². The van der Waals surface area contributed by atoms with Crippen LogP contribution in [0.3, 0.4) is 0 Å². The van der Waals surface area contributed by atoms with Gasteiger partial charge in [-0.3, -0.25) is 9.48 Å². The topological polar surface area (TPSA) is 95.1 Å². The molecule has 7 nitrogen and oxygen atoms in total. The second-order valence-corrected chi connectivity index (χ2v) is 5.17. The molecule has 1 saturated carbocycles. The second-order valence-electron chi connectivity index (χ2n) is 5.17. The summed E-state index contributed by atoms with van der Waals surface area (Å²) in [7, 11) is 0. The Labute approximate surface area is 118 Å². The fourth-order valence-electron chi connectivity index (χ4n) is 2.32. The number of nitrogens with two attached hydrogens (primary N) is 1. The van der Waals surface area contributed by atoms with E-state index in [1.54, 1.807) is 11.0 Å². The molecule has 1 heterocycles. The number of hydrogen-bond donors (Lipinski definition) is 2. The van der Waals surface area contributed by atoms with Crippen molar-refractivity contribution in [3.05, 3.63) is 12.7 Å². The number of carbonyl (C=O) groups excluding carboxylic acids is 1. The molecule has 0 aliphatic heterocycles. The molecule has 0 saturated heterocycles. The van der Waals surface area contributed by atoms with Gasteiger partial charge in [0.05, 0.1) is 19.3 Å². The van der Waals surface area contributed by atoms with E-state index in [0.29, 0.717) is 38.3 Å². The Bertz CT molecular complexity index is 387. The highest BCUT2D eigenvalue weighted by Crippen LogP contribution is 2.19. The smallest absolute Gasteiger partial charge is 0.221 e. The minimum Gasteiger partial charge on any atom is -0.376 e. The lowest BCUT2D eigenvalue weighted by Gasteiger charge is -2.26. The van der Waals surface area contributed by atoms with Gasteiger partial charge in [-0.25, -0.2) is 4.98 Å². The molecular weight excluding hydrogens is 258 g/mol. The maximum absolute atomic E-state index is 11.6. The summed E-state index contributed by atoms with van der Waals surface area (Å²) in [4.78, 5) is 15.4. The number of rotatable bonds is 7. The summed E-state index contributed by atoms with van der Waals surface area (Å²) >= 11 is 0. The van der Waals surface area contributed by atoms with Crippen molar-refractivity contribution in [3.63, 3.8) is 0 Å². The van der Waals surface area contributed by atoms with E-state index in [0.717, 1.165) is 25.7 Å². The Morgan fingerprint density at radius 1 is 1.40 bits per heavy atom. The van der Waals surface area contributed by atoms with Gasteiger partial charge in [-0.05, 0) is 25.7 Å². The van der Waals surface area contributed by atoms with E-state index in [1.807, 2.05) is 0 Å². The van der Waals surface area contributed by atoms with Crippen LogP contribution in [0.4, 0.5) is 0 Å². The third-order valence-electron chi connectivity index (χ3n) is 3.53. The summed E-state index contributed by atoms with van der Waals surface area (Å²) in [5.41, 5.74) is 5.84. The maximum atomic E-state index is 11.6. The standard InChI is InChI=1S/C13H23N5O2/c14-11-1-3-12(4-2-11)20-8-6-16-13(19)5-7-18-10-15-9-17-18/h9-12H,1-8,14H2,(H,16,19). The van der Waals surface area contributed by atoms with Gasteiger partial charge in [0, 0.05) is 19.0 Å². The second kappa shape index (κ2) is 7.96. The number of aromatic nitrogens is 3. The number of nitrogens with zero attached hydrogens (tertiary/aromatic N) is 3. The first-order chi connectivity index (χ1) is 9.74. The normalized spacial score (nSPS) is 22.6. The molecular formula is C13H23N5O2. The van der Waals surface area contributed by atoms with Gasteiger partial charge in [0.25, 0.3) is 0 Å². The van der Waals surface area contributed by atoms with Crippen LogP contribution in [0.15, 0.2) is 12.7 Å². The predicted molar refractivity (Wildman–Crippen MR) is 73.8 cm³/mol. The van der Waals surface area contributed by atoms with Crippen LogP contribution in [0.2, 0.25) is 0 Å². The zero-order valence-electron chi connectivity index (χ0n) is 11.7. The van der Waals surface area contributed by atoms with Crippen molar-refractivity contribution in [2.24, 2.45) is 5.73 Å². The van der Waals surface area contributed by atoms with Crippen LogP contribution in [-0.4, -0.2) is 46.0 Å². The molecule has 0 bridgehead atoms. The molecule has 0 atom stereocenters. The van der Waals surface area contributed by atoms with Crippen molar-refractivity contribution in [1.82, 2.24) is 20.1 Å². The summed E-state index contributed by atoms with van der Waals surface area (Å²) in [6.07, 6.45) is 7.90. The summed E-state index contributed by atoms with van der Waals surface area (Å²) in [6, 6.07) is 0.339. The quantitative estimate of drug-likeness (QED) is 0.690. The molecule has 0 unspecified atom stereocenters. The van der Waals surface area contributed by atoms with Crippen molar-refractivity contribution in [1.29, 1.82) is 0 Å². The van der Waals surface area contributed by atoms with Crippen LogP contribution in [0.5, 0.6) is 0 Å². The Morgan fingerprint density at radius 2 is 2.20 bits per heavy atom. The minimum absolute atomic E-state index is 0.00904. The zero-order chi connectivity index (χ0) is 14.2. The van der Waals surface area contributed by atoms with Gasteiger partial charge in [-0.2, -0.15) is 5.10 Å². The van der Waals surface area contributed by atoms with Gasteiger partial charge in [0.2, 0.25) is 5.91 Å². The molecule has 1 aromatic rings. The van der Waals surface area contributed by atoms with Crippen LogP contribution in [0.25, 0.3) is 0 Å². The van der Waals surface area contributed by atoms with Gasteiger partial charge < -0.3 is 15.8 Å². The number of nitrogens with one attached hydrogen (secondary N) is 1. The monoisotopic (exact) mass is 281 g/mol. The number of ether oxygens (including phenoxy) is 1. The average Bonchev–Trinajstić information content (AvgIpc) is 2.96. The van der Waals surface area contributed by atoms with Gasteiger partial charge in [0.1, 0.15) is 12.7 Å². The molecule has 2 rings (SSSR count). The van der Waals surface area contributed by atoms with Crippen molar-refractivity contribution < 1.29 is 9.53 Å². The molecule has 1 fully saturated rings. The summed E-state index contributed by atoms with van der Waals surface area (Å²) in [5.74, 6) is 0.00904. The lowest BCUT2D eigenvalue weighted by Crippen LogP contribution is -2.33. The Balaban J connectivity index is 1.49. The van der Waals surface area contributed by atoms with E-state index >= 15 is 0 Å². The van der Waals surface area contributed by atoms with Gasteiger partial charge in [-0.15, -0.1) is 0 Å². The van der Waals surface area contributed by atoms with Gasteiger partial charge >= 0.3 is 0 Å². The molecule has 112 valence electrons. The SMILES string of the molecule is NC1CCC(OCCNC(=O)CCn2cncn2)CC1. The highest BCUT2D eigenvalue weighted by molar-refractivity contribution is 5.75. The Hall–Kier alpha value is -1.47. The van der Waals surface area contributed by atoms with Crippen LogP contribution >= 0.6 is 0 Å². The third kappa shape index (κ3) is 5.26. The molecule has 0 aromatic carbocycles. The molecule has 1 aliphatic carbocycles. The van der Waals surface area contributed by atoms with Crippen molar-refractivity contribution in [2.45, 2.75) is 50.8 Å². The molecule has 1 aromatic heterocycles. The van der Waals surface area contributed by atoms with Crippen LogP contribution in [0, 0.1) is 0 Å². The lowest BCUT2D eigenvalue weighted by molar-refractivity contribution is -0.121. The van der Waals surface area contributed by atoms with E-state index in [2.05, 4.69) is 15.4 Å². The van der Waals surface area contributed by atoms with Crippen LogP contribution in [0.1, 0.15) is 32.1 Å². The first-order valence-corrected chi connectivity index (χ1v) is 7.20. The molecule has 7 heteroatoms. The molecule has 0 spiro atoms. The Morgan fingerprint density at radius 3 is 2.90 bits per heavy atom. The van der Waals surface area contributed by atoms with E-state index in [1.165, 1.54) is 6.33 Å². The number of aryl methyl sites for hydroxylation is 1. The fourth-order valence-corrected chi connectivity index (χ4v) is 2.32. The van der Waals surface area contributed by atoms with Gasteiger partial charge in [-0.1, -0.05) is 0 Å². The fraction of sp³-hybridized carbons (Fsp3) is 0.769. The van der Waals surface area contributed by atoms with Crippen LogP contribution < -0.4 is 11.1 Å². The van der Waals surface area contributed by atoms with Crippen molar-refractivity contribution in [3.8, 4) is 0 Å². The number of hydrogen-bond acceptors (Lipinski definition) is 5. The zero-order valence-corrected chi connectivity index (χ0v) is 11.7. The highest BCUT2D eigenvalue weighted by Gasteiger charge is 2.18. The van der Waals surface area contributed by atoms with E-state index in [-0.39, 0.29) is 5.91 Å². The van der Waals surface area contributed by atoms with Gasteiger partial charge in [0.15, 0.2) is 0 Å². The largest absolute Gasteiger partial charge is 0.376 e. The summed E-state index contributed by atoms with van der Waals surface area (Å²) in [6.45, 7) is 1.67.